The molecular weight excluding hydrogens is 305 g/mol. The number of halogens is 3. The minimum absolute atomic E-state index is 0.0258. The van der Waals surface area contributed by atoms with E-state index in [9.17, 15) is 18.0 Å². The number of pyridine rings is 1. The first-order valence-electron chi connectivity index (χ1n) is 7.25. The van der Waals surface area contributed by atoms with Crippen LogP contribution in [0.25, 0.3) is 0 Å². The SMILES string of the molecule is Cc1ccnc(NC(=O)C2CC2c2ccc(C(F)(F)F)cc2)c1. The molecule has 0 saturated heterocycles. The number of amides is 1. The van der Waals surface area contributed by atoms with Crippen LogP contribution in [0.15, 0.2) is 42.6 Å². The van der Waals surface area contributed by atoms with E-state index < -0.39 is 11.7 Å². The van der Waals surface area contributed by atoms with Crippen LogP contribution in [0.3, 0.4) is 0 Å². The Kier molecular flexibility index (Phi) is 3.83. The van der Waals surface area contributed by atoms with Gasteiger partial charge in [0.15, 0.2) is 0 Å². The molecule has 1 heterocycles. The van der Waals surface area contributed by atoms with Gasteiger partial charge in [-0.15, -0.1) is 0 Å². The van der Waals surface area contributed by atoms with Crippen molar-refractivity contribution >= 4 is 11.7 Å². The van der Waals surface area contributed by atoms with Crippen molar-refractivity contribution in [3.05, 3.63) is 59.3 Å². The Labute approximate surface area is 131 Å². The predicted octanol–water partition coefficient (Wildman–Crippen LogP) is 4.15. The maximum absolute atomic E-state index is 12.5. The molecule has 1 N–H and O–H groups in total. The standard InChI is InChI=1S/C17H15F3N2O/c1-10-6-7-21-15(8-10)22-16(23)14-9-13(14)11-2-4-12(5-3-11)17(18,19)20/h2-8,13-14H,9H2,1H3,(H,21,22,23). The molecule has 1 aliphatic carbocycles. The number of nitrogens with zero attached hydrogens (tertiary/aromatic N) is 1. The minimum atomic E-state index is -4.34. The quantitative estimate of drug-likeness (QED) is 0.923. The molecule has 0 bridgehead atoms. The molecule has 1 aromatic heterocycles. The number of nitrogens with one attached hydrogen (secondary N) is 1. The van der Waals surface area contributed by atoms with E-state index in [1.165, 1.54) is 12.1 Å². The van der Waals surface area contributed by atoms with Gasteiger partial charge in [-0.25, -0.2) is 4.98 Å². The molecule has 2 unspecified atom stereocenters. The number of rotatable bonds is 3. The van der Waals surface area contributed by atoms with Gasteiger partial charge >= 0.3 is 6.18 Å². The summed E-state index contributed by atoms with van der Waals surface area (Å²) in [5, 5.41) is 2.75. The Morgan fingerprint density at radius 3 is 2.52 bits per heavy atom. The van der Waals surface area contributed by atoms with Crippen LogP contribution < -0.4 is 5.32 Å². The van der Waals surface area contributed by atoms with Crippen molar-refractivity contribution in [3.63, 3.8) is 0 Å². The third kappa shape index (κ3) is 3.52. The number of carbonyl (C=O) groups excluding carboxylic acids is 1. The van der Waals surface area contributed by atoms with E-state index in [2.05, 4.69) is 10.3 Å². The molecule has 1 fully saturated rings. The largest absolute Gasteiger partial charge is 0.416 e. The van der Waals surface area contributed by atoms with Crippen LogP contribution in [-0.4, -0.2) is 10.9 Å². The van der Waals surface area contributed by atoms with Crippen molar-refractivity contribution in [2.45, 2.75) is 25.4 Å². The molecule has 3 rings (SSSR count). The monoisotopic (exact) mass is 320 g/mol. The molecule has 3 nitrogen and oxygen atoms in total. The maximum Gasteiger partial charge on any atom is 0.416 e. The van der Waals surface area contributed by atoms with E-state index in [4.69, 9.17) is 0 Å². The number of hydrogen-bond donors (Lipinski definition) is 1. The van der Waals surface area contributed by atoms with Crippen molar-refractivity contribution in [3.8, 4) is 0 Å². The molecule has 0 radical (unpaired) electrons. The third-order valence-electron chi connectivity index (χ3n) is 3.96. The number of hydrogen-bond acceptors (Lipinski definition) is 2. The summed E-state index contributed by atoms with van der Waals surface area (Å²) in [6.45, 7) is 1.90. The zero-order valence-corrected chi connectivity index (χ0v) is 12.4. The minimum Gasteiger partial charge on any atom is -0.310 e. The maximum atomic E-state index is 12.5. The lowest BCUT2D eigenvalue weighted by Crippen LogP contribution is -2.15. The summed E-state index contributed by atoms with van der Waals surface area (Å²) < 4.78 is 37.6. The van der Waals surface area contributed by atoms with E-state index >= 15 is 0 Å². The molecule has 2 aromatic rings. The Morgan fingerprint density at radius 1 is 1.22 bits per heavy atom. The highest BCUT2D eigenvalue weighted by molar-refractivity contribution is 5.94. The Balaban J connectivity index is 1.64. The average Bonchev–Trinajstić information content (AvgIpc) is 3.27. The molecule has 1 amide bonds. The molecule has 1 aromatic carbocycles. The van der Waals surface area contributed by atoms with E-state index in [0.717, 1.165) is 23.3 Å². The van der Waals surface area contributed by atoms with Gasteiger partial charge in [-0.1, -0.05) is 12.1 Å². The van der Waals surface area contributed by atoms with Gasteiger partial charge in [0.1, 0.15) is 5.82 Å². The number of alkyl halides is 3. The number of aromatic nitrogens is 1. The lowest BCUT2D eigenvalue weighted by atomic mass is 10.1. The summed E-state index contributed by atoms with van der Waals surface area (Å²) in [5.41, 5.74) is 1.08. The highest BCUT2D eigenvalue weighted by Crippen LogP contribution is 2.48. The summed E-state index contributed by atoms with van der Waals surface area (Å²) in [4.78, 5) is 16.2. The van der Waals surface area contributed by atoms with Crippen molar-refractivity contribution in [2.75, 3.05) is 5.32 Å². The van der Waals surface area contributed by atoms with Crippen LogP contribution in [0, 0.1) is 12.8 Å². The summed E-state index contributed by atoms with van der Waals surface area (Å²) in [6.07, 6.45) is -2.08. The highest BCUT2D eigenvalue weighted by atomic mass is 19.4. The summed E-state index contributed by atoms with van der Waals surface area (Å²) in [6, 6.07) is 8.62. The third-order valence-corrected chi connectivity index (χ3v) is 3.96. The van der Waals surface area contributed by atoms with Gasteiger partial charge in [0, 0.05) is 12.1 Å². The van der Waals surface area contributed by atoms with Gasteiger partial charge in [-0.3, -0.25) is 4.79 Å². The number of anilines is 1. The van der Waals surface area contributed by atoms with Crippen LogP contribution in [0.2, 0.25) is 0 Å². The van der Waals surface area contributed by atoms with Crippen LogP contribution in [0.4, 0.5) is 19.0 Å². The molecule has 6 heteroatoms. The topological polar surface area (TPSA) is 42.0 Å². The fourth-order valence-corrected chi connectivity index (χ4v) is 2.60. The molecule has 1 aliphatic rings. The molecule has 1 saturated carbocycles. The smallest absolute Gasteiger partial charge is 0.310 e. The summed E-state index contributed by atoms with van der Waals surface area (Å²) >= 11 is 0. The fraction of sp³-hybridized carbons (Fsp3) is 0.294. The van der Waals surface area contributed by atoms with E-state index in [1.54, 1.807) is 12.3 Å². The van der Waals surface area contributed by atoms with Gasteiger partial charge in [0.05, 0.1) is 5.56 Å². The van der Waals surface area contributed by atoms with Gasteiger partial charge in [-0.2, -0.15) is 13.2 Å². The van der Waals surface area contributed by atoms with E-state index in [1.807, 2.05) is 13.0 Å². The van der Waals surface area contributed by atoms with Gasteiger partial charge in [0.25, 0.3) is 0 Å². The lowest BCUT2D eigenvalue weighted by Gasteiger charge is -2.08. The van der Waals surface area contributed by atoms with Gasteiger partial charge in [-0.05, 0) is 54.7 Å². The second kappa shape index (κ2) is 5.68. The van der Waals surface area contributed by atoms with E-state index in [-0.39, 0.29) is 17.7 Å². The molecular formula is C17H15F3N2O. The van der Waals surface area contributed by atoms with Crippen LogP contribution >= 0.6 is 0 Å². The number of carbonyl (C=O) groups is 1. The summed E-state index contributed by atoms with van der Waals surface area (Å²) in [7, 11) is 0. The van der Waals surface area contributed by atoms with Gasteiger partial charge < -0.3 is 5.32 Å². The molecule has 0 aliphatic heterocycles. The van der Waals surface area contributed by atoms with Crippen LogP contribution in [-0.2, 0) is 11.0 Å². The molecule has 0 spiro atoms. The van der Waals surface area contributed by atoms with Crippen molar-refractivity contribution in [1.82, 2.24) is 4.98 Å². The molecule has 2 atom stereocenters. The second-order valence-corrected chi connectivity index (χ2v) is 5.78. The van der Waals surface area contributed by atoms with Crippen LogP contribution in [0.1, 0.15) is 29.0 Å². The number of aryl methyl sites for hydroxylation is 1. The Hall–Kier alpha value is -2.37. The predicted molar refractivity (Wildman–Crippen MR) is 79.9 cm³/mol. The number of benzene rings is 1. The Morgan fingerprint density at radius 2 is 1.91 bits per heavy atom. The molecule has 23 heavy (non-hydrogen) atoms. The first-order chi connectivity index (χ1) is 10.8. The second-order valence-electron chi connectivity index (χ2n) is 5.78. The van der Waals surface area contributed by atoms with Gasteiger partial charge in [0.2, 0.25) is 5.91 Å². The first-order valence-corrected chi connectivity index (χ1v) is 7.25. The lowest BCUT2D eigenvalue weighted by molar-refractivity contribution is -0.137. The first kappa shape index (κ1) is 15.5. The normalized spacial score (nSPS) is 20.2. The Bertz CT molecular complexity index is 725. The van der Waals surface area contributed by atoms with Crippen LogP contribution in [0.5, 0.6) is 0 Å². The van der Waals surface area contributed by atoms with Crippen molar-refractivity contribution in [2.24, 2.45) is 5.92 Å². The zero-order chi connectivity index (χ0) is 16.6. The molecule has 120 valence electrons. The van der Waals surface area contributed by atoms with E-state index in [0.29, 0.717) is 12.2 Å². The fourth-order valence-electron chi connectivity index (χ4n) is 2.60. The average molecular weight is 320 g/mol. The zero-order valence-electron chi connectivity index (χ0n) is 12.4. The van der Waals surface area contributed by atoms with Crippen molar-refractivity contribution in [1.29, 1.82) is 0 Å². The highest BCUT2D eigenvalue weighted by Gasteiger charge is 2.44. The van der Waals surface area contributed by atoms with Crippen molar-refractivity contribution < 1.29 is 18.0 Å². The summed E-state index contributed by atoms with van der Waals surface area (Å²) in [5.74, 6) is 0.109.